The summed E-state index contributed by atoms with van der Waals surface area (Å²) in [6, 6.07) is 6.65. The molecule has 0 aliphatic carbocycles. The maximum Gasteiger partial charge on any atom is 0.233 e. The molecule has 0 bridgehead atoms. The van der Waals surface area contributed by atoms with Crippen molar-refractivity contribution in [2.24, 2.45) is 0 Å². The summed E-state index contributed by atoms with van der Waals surface area (Å²) in [7, 11) is 0. The monoisotopic (exact) mass is 344 g/mol. The summed E-state index contributed by atoms with van der Waals surface area (Å²) in [5, 5.41) is 9.00. The average molecular weight is 344 g/mol. The molecular formula is C18H24N4OS. The Hall–Kier alpha value is -1.82. The Kier molecular flexibility index (Phi) is 5.23. The Morgan fingerprint density at radius 3 is 2.92 bits per heavy atom. The van der Waals surface area contributed by atoms with Crippen LogP contribution in [0.25, 0.3) is 5.69 Å². The third-order valence-electron chi connectivity index (χ3n) is 4.58. The lowest BCUT2D eigenvalue weighted by molar-refractivity contribution is -0.131. The number of aromatic nitrogens is 3. The van der Waals surface area contributed by atoms with Gasteiger partial charge in [0.15, 0.2) is 5.16 Å². The molecule has 2 heterocycles. The van der Waals surface area contributed by atoms with Gasteiger partial charge in [-0.05, 0) is 51.7 Å². The molecule has 6 heteroatoms. The van der Waals surface area contributed by atoms with Gasteiger partial charge in [-0.25, -0.2) is 0 Å². The van der Waals surface area contributed by atoms with Crippen LogP contribution in [-0.4, -0.2) is 43.9 Å². The maximum atomic E-state index is 12.5. The molecule has 0 N–H and O–H groups in total. The molecule has 5 nitrogen and oxygen atoms in total. The summed E-state index contributed by atoms with van der Waals surface area (Å²) in [6.45, 7) is 7.18. The van der Waals surface area contributed by atoms with Crippen molar-refractivity contribution in [3.05, 3.63) is 35.7 Å². The first kappa shape index (κ1) is 17.0. The molecule has 1 aromatic carbocycles. The highest BCUT2D eigenvalue weighted by Gasteiger charge is 2.23. The van der Waals surface area contributed by atoms with E-state index in [1.807, 2.05) is 9.47 Å². The molecule has 0 saturated carbocycles. The molecule has 1 saturated heterocycles. The fraction of sp³-hybridized carbons (Fsp3) is 0.500. The third-order valence-corrected chi connectivity index (χ3v) is 5.50. The van der Waals surface area contributed by atoms with Gasteiger partial charge in [0.2, 0.25) is 5.91 Å². The zero-order valence-corrected chi connectivity index (χ0v) is 15.3. The number of amides is 1. The molecule has 0 radical (unpaired) electrons. The van der Waals surface area contributed by atoms with Gasteiger partial charge in [0.1, 0.15) is 6.33 Å². The van der Waals surface area contributed by atoms with Crippen molar-refractivity contribution in [2.45, 2.75) is 51.2 Å². The van der Waals surface area contributed by atoms with Crippen LogP contribution < -0.4 is 0 Å². The third kappa shape index (κ3) is 3.64. The fourth-order valence-electron chi connectivity index (χ4n) is 3.24. The molecule has 1 amide bonds. The van der Waals surface area contributed by atoms with E-state index in [-0.39, 0.29) is 5.91 Å². The molecular weight excluding hydrogens is 320 g/mol. The highest BCUT2D eigenvalue weighted by Crippen LogP contribution is 2.24. The molecule has 0 spiro atoms. The Morgan fingerprint density at radius 2 is 2.17 bits per heavy atom. The summed E-state index contributed by atoms with van der Waals surface area (Å²) in [5.41, 5.74) is 3.47. The number of nitrogens with zero attached hydrogens (tertiary/aromatic N) is 4. The molecule has 1 atom stereocenters. The maximum absolute atomic E-state index is 12.5. The highest BCUT2D eigenvalue weighted by atomic mass is 32.2. The molecule has 3 rings (SSSR count). The minimum Gasteiger partial charge on any atom is -0.339 e. The van der Waals surface area contributed by atoms with Crippen LogP contribution in [0.3, 0.4) is 0 Å². The Bertz CT molecular complexity index is 728. The number of piperidine rings is 1. The molecule has 1 aliphatic rings. The zero-order chi connectivity index (χ0) is 17.1. The van der Waals surface area contributed by atoms with Crippen LogP contribution in [-0.2, 0) is 4.79 Å². The number of thioether (sulfide) groups is 1. The molecule has 2 aromatic rings. The van der Waals surface area contributed by atoms with Gasteiger partial charge in [0.05, 0.1) is 11.4 Å². The van der Waals surface area contributed by atoms with Crippen LogP contribution in [0.15, 0.2) is 29.7 Å². The van der Waals surface area contributed by atoms with Crippen LogP contribution in [0.4, 0.5) is 0 Å². The highest BCUT2D eigenvalue weighted by molar-refractivity contribution is 7.99. The van der Waals surface area contributed by atoms with E-state index >= 15 is 0 Å². The van der Waals surface area contributed by atoms with Gasteiger partial charge >= 0.3 is 0 Å². The summed E-state index contributed by atoms with van der Waals surface area (Å²) in [5.74, 6) is 0.607. The largest absolute Gasteiger partial charge is 0.339 e. The van der Waals surface area contributed by atoms with E-state index in [1.54, 1.807) is 6.33 Å². The number of carbonyl (C=O) groups excluding carboxylic acids is 1. The number of rotatable bonds is 4. The van der Waals surface area contributed by atoms with Gasteiger partial charge in [-0.3, -0.25) is 9.36 Å². The molecule has 1 fully saturated rings. The smallest absolute Gasteiger partial charge is 0.233 e. The predicted molar refractivity (Wildman–Crippen MR) is 96.6 cm³/mol. The van der Waals surface area contributed by atoms with Crippen molar-refractivity contribution in [3.63, 3.8) is 0 Å². The zero-order valence-electron chi connectivity index (χ0n) is 14.5. The van der Waals surface area contributed by atoms with Gasteiger partial charge in [-0.2, -0.15) is 0 Å². The van der Waals surface area contributed by atoms with Gasteiger partial charge < -0.3 is 4.90 Å². The van der Waals surface area contributed by atoms with Crippen LogP contribution in [0.2, 0.25) is 0 Å². The minimum atomic E-state index is 0.197. The Morgan fingerprint density at radius 1 is 1.33 bits per heavy atom. The number of hydrogen-bond donors (Lipinski definition) is 0. The second-order valence-electron chi connectivity index (χ2n) is 6.49. The normalized spacial score (nSPS) is 18.0. The Labute approximate surface area is 147 Å². The van der Waals surface area contributed by atoms with E-state index in [2.05, 4.69) is 49.2 Å². The summed E-state index contributed by atoms with van der Waals surface area (Å²) in [4.78, 5) is 14.5. The molecule has 0 unspecified atom stereocenters. The fourth-order valence-corrected chi connectivity index (χ4v) is 4.05. The van der Waals surface area contributed by atoms with Crippen LogP contribution in [0, 0.1) is 13.8 Å². The van der Waals surface area contributed by atoms with Crippen molar-refractivity contribution >= 4 is 17.7 Å². The lowest BCUT2D eigenvalue weighted by atomic mass is 10.0. The summed E-state index contributed by atoms with van der Waals surface area (Å²) in [6.07, 6.45) is 5.15. The SMILES string of the molecule is Cc1ccc(-n2cnnc2SCC(=O)N2CCCC[C@H]2C)c(C)c1. The van der Waals surface area contributed by atoms with E-state index in [4.69, 9.17) is 0 Å². The second kappa shape index (κ2) is 7.38. The van der Waals surface area contributed by atoms with E-state index in [0.717, 1.165) is 30.2 Å². The summed E-state index contributed by atoms with van der Waals surface area (Å²) >= 11 is 1.46. The predicted octanol–water partition coefficient (Wildman–Crippen LogP) is 3.38. The number of aryl methyl sites for hydroxylation is 2. The quantitative estimate of drug-likeness (QED) is 0.798. The average Bonchev–Trinajstić information content (AvgIpc) is 3.01. The summed E-state index contributed by atoms with van der Waals surface area (Å²) < 4.78 is 1.96. The van der Waals surface area contributed by atoms with Gasteiger partial charge in [0.25, 0.3) is 0 Å². The Balaban J connectivity index is 1.71. The lowest BCUT2D eigenvalue weighted by Gasteiger charge is -2.33. The molecule has 1 aliphatic heterocycles. The minimum absolute atomic E-state index is 0.197. The number of carbonyl (C=O) groups is 1. The molecule has 128 valence electrons. The molecule has 24 heavy (non-hydrogen) atoms. The van der Waals surface area contributed by atoms with Crippen LogP contribution in [0.5, 0.6) is 0 Å². The van der Waals surface area contributed by atoms with Crippen molar-refractivity contribution < 1.29 is 4.79 Å². The van der Waals surface area contributed by atoms with Crippen molar-refractivity contribution in [1.29, 1.82) is 0 Å². The number of hydrogen-bond acceptors (Lipinski definition) is 4. The van der Waals surface area contributed by atoms with Gasteiger partial charge in [-0.15, -0.1) is 10.2 Å². The van der Waals surface area contributed by atoms with E-state index in [1.165, 1.54) is 29.3 Å². The molecule has 1 aromatic heterocycles. The first-order chi connectivity index (χ1) is 11.6. The van der Waals surface area contributed by atoms with Gasteiger partial charge in [-0.1, -0.05) is 29.5 Å². The van der Waals surface area contributed by atoms with Gasteiger partial charge in [0, 0.05) is 12.6 Å². The van der Waals surface area contributed by atoms with Crippen molar-refractivity contribution in [2.75, 3.05) is 12.3 Å². The van der Waals surface area contributed by atoms with Crippen molar-refractivity contribution in [1.82, 2.24) is 19.7 Å². The first-order valence-electron chi connectivity index (χ1n) is 8.46. The number of likely N-dealkylation sites (tertiary alicyclic amines) is 1. The van der Waals surface area contributed by atoms with E-state index in [0.29, 0.717) is 11.8 Å². The second-order valence-corrected chi connectivity index (χ2v) is 7.44. The van der Waals surface area contributed by atoms with E-state index in [9.17, 15) is 4.79 Å². The number of benzene rings is 1. The van der Waals surface area contributed by atoms with Crippen LogP contribution >= 0.6 is 11.8 Å². The van der Waals surface area contributed by atoms with Crippen molar-refractivity contribution in [3.8, 4) is 5.69 Å². The lowest BCUT2D eigenvalue weighted by Crippen LogP contribution is -2.42. The van der Waals surface area contributed by atoms with E-state index < -0.39 is 0 Å². The van der Waals surface area contributed by atoms with Crippen LogP contribution in [0.1, 0.15) is 37.3 Å². The topological polar surface area (TPSA) is 51.0 Å². The first-order valence-corrected chi connectivity index (χ1v) is 9.44. The standard InChI is InChI=1S/C18H24N4OS/c1-13-7-8-16(14(2)10-13)22-12-19-20-18(22)24-11-17(23)21-9-5-4-6-15(21)3/h7-8,10,12,15H,4-6,9,11H2,1-3H3/t15-/m1/s1.